The van der Waals surface area contributed by atoms with Gasteiger partial charge in [0.2, 0.25) is 0 Å². The number of carbonyl (C=O) groups excluding carboxylic acids is 1. The SMILES string of the molecule is C#CCCCCNC(=O)Nc1cc(C)ccn1. The van der Waals surface area contributed by atoms with E-state index in [1.807, 2.05) is 19.1 Å². The highest BCUT2D eigenvalue weighted by atomic mass is 16.2. The molecule has 0 aromatic carbocycles. The Morgan fingerprint density at radius 3 is 3.06 bits per heavy atom. The number of carbonyl (C=O) groups is 1. The number of rotatable bonds is 5. The number of unbranched alkanes of at least 4 members (excludes halogenated alkanes) is 2. The zero-order valence-corrected chi connectivity index (χ0v) is 9.99. The number of terminal acetylenes is 1. The Labute approximate surface area is 102 Å². The number of pyridine rings is 1. The first kappa shape index (κ1) is 13.0. The molecule has 0 bridgehead atoms. The maximum absolute atomic E-state index is 11.5. The van der Waals surface area contributed by atoms with Gasteiger partial charge in [-0.25, -0.2) is 9.78 Å². The molecule has 0 aliphatic rings. The number of anilines is 1. The van der Waals surface area contributed by atoms with Gasteiger partial charge < -0.3 is 5.32 Å². The number of urea groups is 1. The van der Waals surface area contributed by atoms with Crippen molar-refractivity contribution < 1.29 is 4.79 Å². The summed E-state index contributed by atoms with van der Waals surface area (Å²) in [6, 6.07) is 3.46. The quantitative estimate of drug-likeness (QED) is 0.603. The molecule has 90 valence electrons. The summed E-state index contributed by atoms with van der Waals surface area (Å²) in [6.45, 7) is 2.57. The molecular weight excluding hydrogens is 214 g/mol. The number of aryl methyl sites for hydroxylation is 1. The van der Waals surface area contributed by atoms with Gasteiger partial charge in [-0.1, -0.05) is 0 Å². The van der Waals surface area contributed by atoms with E-state index in [0.717, 1.165) is 24.8 Å². The summed E-state index contributed by atoms with van der Waals surface area (Å²) in [4.78, 5) is 15.5. The molecular formula is C13H17N3O. The Morgan fingerprint density at radius 1 is 1.53 bits per heavy atom. The van der Waals surface area contributed by atoms with E-state index in [1.54, 1.807) is 6.20 Å². The highest BCUT2D eigenvalue weighted by molar-refractivity contribution is 5.88. The number of hydrogen-bond donors (Lipinski definition) is 2. The van der Waals surface area contributed by atoms with E-state index >= 15 is 0 Å². The third-order valence-corrected chi connectivity index (χ3v) is 2.19. The van der Waals surface area contributed by atoms with Gasteiger partial charge in [-0.2, -0.15) is 0 Å². The van der Waals surface area contributed by atoms with Crippen LogP contribution < -0.4 is 10.6 Å². The summed E-state index contributed by atoms with van der Waals surface area (Å²) in [5.74, 6) is 3.12. The summed E-state index contributed by atoms with van der Waals surface area (Å²) in [7, 11) is 0. The molecule has 2 amide bonds. The molecule has 2 N–H and O–H groups in total. The van der Waals surface area contributed by atoms with Gasteiger partial charge in [0.15, 0.2) is 0 Å². The number of nitrogens with one attached hydrogen (secondary N) is 2. The summed E-state index contributed by atoms with van der Waals surface area (Å²) < 4.78 is 0. The van der Waals surface area contributed by atoms with Crippen molar-refractivity contribution in [3.63, 3.8) is 0 Å². The van der Waals surface area contributed by atoms with E-state index < -0.39 is 0 Å². The fourth-order valence-electron chi connectivity index (χ4n) is 1.32. The van der Waals surface area contributed by atoms with Crippen molar-refractivity contribution in [1.82, 2.24) is 10.3 Å². The van der Waals surface area contributed by atoms with E-state index in [9.17, 15) is 4.79 Å². The zero-order chi connectivity index (χ0) is 12.5. The first-order valence-corrected chi connectivity index (χ1v) is 5.63. The minimum absolute atomic E-state index is 0.233. The molecule has 17 heavy (non-hydrogen) atoms. The zero-order valence-electron chi connectivity index (χ0n) is 9.99. The lowest BCUT2D eigenvalue weighted by Gasteiger charge is -2.06. The molecule has 4 heteroatoms. The normalized spacial score (nSPS) is 9.41. The van der Waals surface area contributed by atoms with Crippen molar-refractivity contribution in [2.45, 2.75) is 26.2 Å². The van der Waals surface area contributed by atoms with E-state index in [2.05, 4.69) is 21.5 Å². The second-order valence-electron chi connectivity index (χ2n) is 3.76. The second-order valence-corrected chi connectivity index (χ2v) is 3.76. The number of hydrogen-bond acceptors (Lipinski definition) is 2. The van der Waals surface area contributed by atoms with Crippen LogP contribution in [0, 0.1) is 19.3 Å². The van der Waals surface area contributed by atoms with Crippen LogP contribution in [0.2, 0.25) is 0 Å². The van der Waals surface area contributed by atoms with Crippen molar-refractivity contribution in [1.29, 1.82) is 0 Å². The Hall–Kier alpha value is -2.02. The molecule has 0 aliphatic heterocycles. The van der Waals surface area contributed by atoms with Crippen LogP contribution in [0.5, 0.6) is 0 Å². The summed E-state index contributed by atoms with van der Waals surface area (Å²) >= 11 is 0. The molecule has 0 radical (unpaired) electrons. The molecule has 1 aromatic rings. The largest absolute Gasteiger partial charge is 0.338 e. The van der Waals surface area contributed by atoms with Gasteiger partial charge >= 0.3 is 6.03 Å². The van der Waals surface area contributed by atoms with Crippen LogP contribution in [0.25, 0.3) is 0 Å². The monoisotopic (exact) mass is 231 g/mol. The van der Waals surface area contributed by atoms with E-state index in [-0.39, 0.29) is 6.03 Å². The minimum Gasteiger partial charge on any atom is -0.338 e. The third-order valence-electron chi connectivity index (χ3n) is 2.19. The molecule has 1 aromatic heterocycles. The second kappa shape index (κ2) is 7.29. The van der Waals surface area contributed by atoms with Crippen LogP contribution in [-0.2, 0) is 0 Å². The summed E-state index contributed by atoms with van der Waals surface area (Å²) in [6.07, 6.45) is 9.36. The molecule has 0 aliphatic carbocycles. The lowest BCUT2D eigenvalue weighted by atomic mass is 10.2. The molecule has 0 unspecified atom stereocenters. The third kappa shape index (κ3) is 5.57. The fourth-order valence-corrected chi connectivity index (χ4v) is 1.32. The smallest absolute Gasteiger partial charge is 0.320 e. The lowest BCUT2D eigenvalue weighted by molar-refractivity contribution is 0.252. The predicted octanol–water partition coefficient (Wildman–Crippen LogP) is 2.32. The molecule has 4 nitrogen and oxygen atoms in total. The Morgan fingerprint density at radius 2 is 2.35 bits per heavy atom. The molecule has 0 saturated heterocycles. The molecule has 0 atom stereocenters. The fraction of sp³-hybridized carbons (Fsp3) is 0.385. The number of nitrogens with zero attached hydrogens (tertiary/aromatic N) is 1. The summed E-state index contributed by atoms with van der Waals surface area (Å²) in [5, 5.41) is 5.42. The van der Waals surface area contributed by atoms with Gasteiger partial charge in [0.25, 0.3) is 0 Å². The first-order valence-electron chi connectivity index (χ1n) is 5.63. The summed E-state index contributed by atoms with van der Waals surface area (Å²) in [5.41, 5.74) is 1.06. The molecule has 1 rings (SSSR count). The lowest BCUT2D eigenvalue weighted by Crippen LogP contribution is -2.29. The van der Waals surface area contributed by atoms with Crippen LogP contribution in [0.15, 0.2) is 18.3 Å². The van der Waals surface area contributed by atoms with Crippen molar-refractivity contribution in [2.75, 3.05) is 11.9 Å². The molecule has 0 spiro atoms. The highest BCUT2D eigenvalue weighted by Crippen LogP contribution is 2.04. The van der Waals surface area contributed by atoms with Crippen LogP contribution in [-0.4, -0.2) is 17.6 Å². The molecule has 1 heterocycles. The minimum atomic E-state index is -0.233. The molecule has 0 saturated carbocycles. The van der Waals surface area contributed by atoms with Gasteiger partial charge in [0.1, 0.15) is 5.82 Å². The Bertz CT molecular complexity index is 409. The Balaban J connectivity index is 2.23. The molecule has 0 fully saturated rings. The van der Waals surface area contributed by atoms with E-state index in [0.29, 0.717) is 12.4 Å². The topological polar surface area (TPSA) is 54.0 Å². The average Bonchev–Trinajstić information content (AvgIpc) is 2.29. The van der Waals surface area contributed by atoms with Gasteiger partial charge in [-0.15, -0.1) is 12.3 Å². The van der Waals surface area contributed by atoms with Crippen LogP contribution in [0.3, 0.4) is 0 Å². The van der Waals surface area contributed by atoms with Crippen molar-refractivity contribution in [3.8, 4) is 12.3 Å². The van der Waals surface area contributed by atoms with Gasteiger partial charge in [-0.05, 0) is 37.5 Å². The predicted molar refractivity (Wildman–Crippen MR) is 68.7 cm³/mol. The first-order chi connectivity index (χ1) is 8.22. The standard InChI is InChI=1S/C13H17N3O/c1-3-4-5-6-8-15-13(17)16-12-10-11(2)7-9-14-12/h1,7,9-10H,4-6,8H2,2H3,(H2,14,15,16,17). The average molecular weight is 231 g/mol. The van der Waals surface area contributed by atoms with E-state index in [1.165, 1.54) is 0 Å². The van der Waals surface area contributed by atoms with Crippen molar-refractivity contribution in [3.05, 3.63) is 23.9 Å². The van der Waals surface area contributed by atoms with Gasteiger partial charge in [0.05, 0.1) is 0 Å². The Kier molecular flexibility index (Phi) is 5.59. The highest BCUT2D eigenvalue weighted by Gasteiger charge is 2.01. The van der Waals surface area contributed by atoms with E-state index in [4.69, 9.17) is 6.42 Å². The number of aromatic nitrogens is 1. The van der Waals surface area contributed by atoms with Crippen LogP contribution in [0.1, 0.15) is 24.8 Å². The van der Waals surface area contributed by atoms with Crippen molar-refractivity contribution in [2.24, 2.45) is 0 Å². The maximum atomic E-state index is 11.5. The van der Waals surface area contributed by atoms with Crippen molar-refractivity contribution >= 4 is 11.8 Å². The number of amides is 2. The van der Waals surface area contributed by atoms with Gasteiger partial charge in [-0.3, -0.25) is 5.32 Å². The van der Waals surface area contributed by atoms with Gasteiger partial charge in [0, 0.05) is 19.2 Å². The van der Waals surface area contributed by atoms with Crippen LogP contribution >= 0.6 is 0 Å². The van der Waals surface area contributed by atoms with Crippen LogP contribution in [0.4, 0.5) is 10.6 Å². The maximum Gasteiger partial charge on any atom is 0.320 e.